The fourth-order valence-corrected chi connectivity index (χ4v) is 8.78. The maximum absolute atomic E-state index is 2.43. The molecule has 0 aliphatic rings. The van der Waals surface area contributed by atoms with Crippen LogP contribution in [0.4, 0.5) is 17.1 Å². The minimum Gasteiger partial charge on any atom is -0.310 e. The molecule has 240 valence electrons. The highest BCUT2D eigenvalue weighted by Gasteiger charge is 2.20. The van der Waals surface area contributed by atoms with Crippen molar-refractivity contribution in [1.29, 1.82) is 0 Å². The van der Waals surface area contributed by atoms with Crippen molar-refractivity contribution in [1.82, 2.24) is 4.57 Å². The summed E-state index contributed by atoms with van der Waals surface area (Å²) in [6, 6.07) is 70.4. The smallest absolute Gasteiger partial charge is 0.0554 e. The van der Waals surface area contributed by atoms with Crippen LogP contribution in [-0.2, 0) is 0 Å². The van der Waals surface area contributed by atoms with Gasteiger partial charge in [-0.05, 0) is 89.0 Å². The van der Waals surface area contributed by atoms with E-state index in [4.69, 9.17) is 0 Å². The molecule has 10 aromatic rings. The molecular weight excluding hydrogens is 637 g/mol. The lowest BCUT2D eigenvalue weighted by atomic mass is 9.99. The fourth-order valence-electron chi connectivity index (χ4n) is 7.65. The van der Waals surface area contributed by atoms with Crippen molar-refractivity contribution < 1.29 is 0 Å². The molecule has 51 heavy (non-hydrogen) atoms. The number of aromatic nitrogens is 1. The second-order valence-corrected chi connectivity index (χ2v) is 14.1. The number of benzene rings is 8. The minimum atomic E-state index is 1.11. The van der Waals surface area contributed by atoms with Gasteiger partial charge in [0.2, 0.25) is 0 Å². The minimum absolute atomic E-state index is 1.11. The van der Waals surface area contributed by atoms with Gasteiger partial charge in [-0.2, -0.15) is 0 Å². The summed E-state index contributed by atoms with van der Waals surface area (Å²) in [5, 5.41) is 5.08. The maximum atomic E-state index is 2.43. The van der Waals surface area contributed by atoms with E-state index in [1.807, 2.05) is 11.3 Å². The monoisotopic (exact) mass is 668 g/mol. The van der Waals surface area contributed by atoms with Crippen molar-refractivity contribution >= 4 is 70.4 Å². The number of hydrogen-bond acceptors (Lipinski definition) is 2. The van der Waals surface area contributed by atoms with Crippen molar-refractivity contribution in [3.63, 3.8) is 0 Å². The van der Waals surface area contributed by atoms with Gasteiger partial charge in [-0.15, -0.1) is 11.3 Å². The first-order valence-electron chi connectivity index (χ1n) is 17.4. The summed E-state index contributed by atoms with van der Waals surface area (Å²) in [7, 11) is 0. The van der Waals surface area contributed by atoms with Crippen LogP contribution >= 0.6 is 11.3 Å². The first-order valence-corrected chi connectivity index (χ1v) is 18.2. The van der Waals surface area contributed by atoms with Gasteiger partial charge >= 0.3 is 0 Å². The second-order valence-electron chi connectivity index (χ2n) is 13.0. The van der Waals surface area contributed by atoms with Crippen LogP contribution in [0.25, 0.3) is 69.9 Å². The Morgan fingerprint density at radius 2 is 0.941 bits per heavy atom. The number of nitrogens with zero attached hydrogens (tertiary/aromatic N) is 2. The number of rotatable bonds is 6. The molecule has 0 fully saturated rings. The average Bonchev–Trinajstić information content (AvgIpc) is 3.75. The molecule has 0 bridgehead atoms. The molecular formula is C48H32N2S. The lowest BCUT2D eigenvalue weighted by Crippen LogP contribution is -2.11. The molecule has 2 aromatic heterocycles. The van der Waals surface area contributed by atoms with E-state index in [0.717, 1.165) is 17.1 Å². The molecule has 8 aromatic carbocycles. The zero-order valence-electron chi connectivity index (χ0n) is 27.8. The van der Waals surface area contributed by atoms with Crippen molar-refractivity contribution in [3.05, 3.63) is 194 Å². The number of para-hydroxylation sites is 2. The molecule has 0 radical (unpaired) electrons. The van der Waals surface area contributed by atoms with E-state index < -0.39 is 0 Å². The summed E-state index contributed by atoms with van der Waals surface area (Å²) in [5.74, 6) is 0. The zero-order valence-corrected chi connectivity index (χ0v) is 28.6. The largest absolute Gasteiger partial charge is 0.310 e. The van der Waals surface area contributed by atoms with Crippen molar-refractivity contribution in [2.75, 3.05) is 4.90 Å². The summed E-state index contributed by atoms with van der Waals surface area (Å²) in [5.41, 5.74) is 11.8. The normalized spacial score (nSPS) is 11.5. The van der Waals surface area contributed by atoms with Gasteiger partial charge < -0.3 is 9.47 Å². The standard InChI is InChI=1S/C48H32N2S/c1-2-13-33(14-3-1)35-15-10-16-36(31-35)34-27-29-37(30-28-34)49(45-24-12-26-47-48(45)42-21-6-9-25-46(42)51-47)38-17-11-18-39(32-38)50-43-22-7-4-19-40(43)41-20-5-8-23-44(41)50/h1-32H. The summed E-state index contributed by atoms with van der Waals surface area (Å²) in [6.07, 6.45) is 0. The Bertz CT molecular complexity index is 2810. The predicted octanol–water partition coefficient (Wildman–Crippen LogP) is 14.0. The third-order valence-corrected chi connectivity index (χ3v) is 11.1. The van der Waals surface area contributed by atoms with E-state index >= 15 is 0 Å². The molecule has 0 spiro atoms. The van der Waals surface area contributed by atoms with Crippen LogP contribution in [0.2, 0.25) is 0 Å². The first-order chi connectivity index (χ1) is 25.3. The van der Waals surface area contributed by atoms with Gasteiger partial charge in [0.05, 0.1) is 16.7 Å². The van der Waals surface area contributed by atoms with Gasteiger partial charge in [0.1, 0.15) is 0 Å². The SMILES string of the molecule is c1ccc(-c2cccc(-c3ccc(N(c4cccc(-n5c6ccccc6c6ccccc65)c4)c4cccc5sc6ccccc6c45)cc3)c2)cc1. The van der Waals surface area contributed by atoms with Crippen LogP contribution in [0.5, 0.6) is 0 Å². The Labute approximate surface area is 300 Å². The molecule has 10 rings (SSSR count). The van der Waals surface area contributed by atoms with Crippen LogP contribution in [0, 0.1) is 0 Å². The van der Waals surface area contributed by atoms with Crippen molar-refractivity contribution in [3.8, 4) is 27.9 Å². The van der Waals surface area contributed by atoms with E-state index in [2.05, 4.69) is 204 Å². The Morgan fingerprint density at radius 3 is 1.69 bits per heavy atom. The van der Waals surface area contributed by atoms with Crippen LogP contribution in [0.1, 0.15) is 0 Å². The average molecular weight is 669 g/mol. The van der Waals surface area contributed by atoms with E-state index in [-0.39, 0.29) is 0 Å². The van der Waals surface area contributed by atoms with E-state index in [9.17, 15) is 0 Å². The maximum Gasteiger partial charge on any atom is 0.0554 e. The van der Waals surface area contributed by atoms with Gasteiger partial charge in [0.15, 0.2) is 0 Å². The molecule has 0 aliphatic heterocycles. The predicted molar refractivity (Wildman–Crippen MR) is 219 cm³/mol. The second kappa shape index (κ2) is 12.2. The van der Waals surface area contributed by atoms with Crippen LogP contribution < -0.4 is 4.90 Å². The molecule has 0 saturated heterocycles. The van der Waals surface area contributed by atoms with Crippen LogP contribution in [-0.4, -0.2) is 4.57 Å². The Kier molecular flexibility index (Phi) is 7.04. The van der Waals surface area contributed by atoms with Gasteiger partial charge in [-0.3, -0.25) is 0 Å². The summed E-state index contributed by atoms with van der Waals surface area (Å²) < 4.78 is 4.98. The molecule has 0 atom stereocenters. The Morgan fingerprint density at radius 1 is 0.373 bits per heavy atom. The van der Waals surface area contributed by atoms with Crippen molar-refractivity contribution in [2.24, 2.45) is 0 Å². The van der Waals surface area contributed by atoms with E-state index in [1.165, 1.54) is 69.9 Å². The summed E-state index contributed by atoms with van der Waals surface area (Å²) >= 11 is 1.86. The molecule has 0 saturated carbocycles. The fraction of sp³-hybridized carbons (Fsp3) is 0. The van der Waals surface area contributed by atoms with Gasteiger partial charge in [-0.1, -0.05) is 127 Å². The highest BCUT2D eigenvalue weighted by Crippen LogP contribution is 2.45. The van der Waals surface area contributed by atoms with E-state index in [0.29, 0.717) is 0 Å². The molecule has 2 heterocycles. The van der Waals surface area contributed by atoms with Crippen LogP contribution in [0.15, 0.2) is 194 Å². The molecule has 3 heteroatoms. The van der Waals surface area contributed by atoms with Gasteiger partial charge in [0.25, 0.3) is 0 Å². The molecule has 0 aliphatic carbocycles. The highest BCUT2D eigenvalue weighted by molar-refractivity contribution is 7.26. The quantitative estimate of drug-likeness (QED) is 0.171. The molecule has 0 N–H and O–H groups in total. The number of anilines is 3. The summed E-state index contributed by atoms with van der Waals surface area (Å²) in [6.45, 7) is 0. The molecule has 0 amide bonds. The lowest BCUT2D eigenvalue weighted by molar-refractivity contribution is 1.17. The lowest BCUT2D eigenvalue weighted by Gasteiger charge is -2.27. The Hall–Kier alpha value is -6.42. The molecule has 2 nitrogen and oxygen atoms in total. The zero-order chi connectivity index (χ0) is 33.7. The number of thiophene rings is 1. The number of fused-ring (bicyclic) bond motifs is 6. The highest BCUT2D eigenvalue weighted by atomic mass is 32.1. The van der Waals surface area contributed by atoms with E-state index in [1.54, 1.807) is 0 Å². The third kappa shape index (κ3) is 5.01. The molecule has 0 unspecified atom stereocenters. The Balaban J connectivity index is 1.15. The van der Waals surface area contributed by atoms with Gasteiger partial charge in [0, 0.05) is 48.0 Å². The van der Waals surface area contributed by atoms with Crippen molar-refractivity contribution in [2.45, 2.75) is 0 Å². The third-order valence-electron chi connectivity index (χ3n) is 9.98. The van der Waals surface area contributed by atoms with Gasteiger partial charge in [-0.25, -0.2) is 0 Å². The first kappa shape index (κ1) is 29.5. The topological polar surface area (TPSA) is 8.17 Å². The summed E-state index contributed by atoms with van der Waals surface area (Å²) in [4.78, 5) is 2.43. The number of hydrogen-bond donors (Lipinski definition) is 0. The van der Waals surface area contributed by atoms with Crippen LogP contribution in [0.3, 0.4) is 0 Å².